The van der Waals surface area contributed by atoms with Crippen LogP contribution in [0.2, 0.25) is 0 Å². The summed E-state index contributed by atoms with van der Waals surface area (Å²) in [5.41, 5.74) is -0.0131. The largest absolute Gasteiger partial charge is 0.502 e. The first-order valence-corrected chi connectivity index (χ1v) is 6.85. The number of benzene rings is 1. The molecule has 1 aromatic rings. The summed E-state index contributed by atoms with van der Waals surface area (Å²) in [6.45, 7) is 1.57. The Morgan fingerprint density at radius 1 is 1.08 bits per heavy atom. The lowest BCUT2D eigenvalue weighted by atomic mass is 10.0. The number of alkyl halides is 3. The molecule has 0 radical (unpaired) electrons. The van der Waals surface area contributed by atoms with Crippen molar-refractivity contribution < 1.29 is 27.8 Å². The van der Waals surface area contributed by atoms with Crippen LogP contribution in [0.5, 0.6) is 17.2 Å². The third-order valence-electron chi connectivity index (χ3n) is 3.64. The molecule has 1 aromatic carbocycles. The predicted molar refractivity (Wildman–Crippen MR) is 88.9 cm³/mol. The maximum absolute atomic E-state index is 13.6. The van der Waals surface area contributed by atoms with Crippen molar-refractivity contribution >= 4 is 24.8 Å². The van der Waals surface area contributed by atoms with Gasteiger partial charge in [0.15, 0.2) is 11.5 Å². The van der Waals surface area contributed by atoms with E-state index in [0.29, 0.717) is 13.1 Å². The van der Waals surface area contributed by atoms with Gasteiger partial charge in [0.05, 0.1) is 14.2 Å². The van der Waals surface area contributed by atoms with Gasteiger partial charge in [0, 0.05) is 26.2 Å². The highest BCUT2D eigenvalue weighted by Crippen LogP contribution is 2.44. The van der Waals surface area contributed by atoms with Crippen LogP contribution in [0, 0.1) is 0 Å². The molecule has 2 rings (SSSR count). The molecule has 1 fully saturated rings. The lowest BCUT2D eigenvalue weighted by Crippen LogP contribution is -2.49. The van der Waals surface area contributed by atoms with Crippen LogP contribution in [0.3, 0.4) is 0 Å². The summed E-state index contributed by atoms with van der Waals surface area (Å²) in [5, 5.41) is 12.9. The van der Waals surface area contributed by atoms with Crippen molar-refractivity contribution in [2.45, 2.75) is 12.2 Å². The minimum absolute atomic E-state index is 0. The second-order valence-corrected chi connectivity index (χ2v) is 5.00. The van der Waals surface area contributed by atoms with Gasteiger partial charge in [-0.15, -0.1) is 24.8 Å². The molecular formula is C14H21Cl2F3N2O3. The molecule has 0 aliphatic carbocycles. The summed E-state index contributed by atoms with van der Waals surface area (Å²) in [4.78, 5) is 1.36. The van der Waals surface area contributed by atoms with Crippen molar-refractivity contribution in [1.29, 1.82) is 0 Å². The van der Waals surface area contributed by atoms with Gasteiger partial charge >= 0.3 is 6.18 Å². The quantitative estimate of drug-likeness (QED) is 0.824. The first kappa shape index (κ1) is 22.9. The van der Waals surface area contributed by atoms with E-state index in [1.54, 1.807) is 0 Å². The zero-order chi connectivity index (χ0) is 16.3. The number of piperazine rings is 1. The van der Waals surface area contributed by atoms with E-state index in [2.05, 4.69) is 5.32 Å². The lowest BCUT2D eigenvalue weighted by molar-refractivity contribution is -0.187. The molecule has 1 saturated heterocycles. The fourth-order valence-electron chi connectivity index (χ4n) is 2.62. The molecule has 2 N–H and O–H groups in total. The average Bonchev–Trinajstić information content (AvgIpc) is 2.48. The van der Waals surface area contributed by atoms with E-state index < -0.39 is 12.2 Å². The summed E-state index contributed by atoms with van der Waals surface area (Å²) in [6, 6.07) is 0.647. The van der Waals surface area contributed by atoms with Crippen molar-refractivity contribution in [3.8, 4) is 17.2 Å². The molecule has 0 aromatic heterocycles. The minimum atomic E-state index is -4.44. The number of nitrogens with zero attached hydrogens (tertiary/aromatic N) is 1. The van der Waals surface area contributed by atoms with Crippen molar-refractivity contribution in [2.24, 2.45) is 0 Å². The molecular weight excluding hydrogens is 372 g/mol. The maximum atomic E-state index is 13.6. The Balaban J connectivity index is 0.00000264. The zero-order valence-corrected chi connectivity index (χ0v) is 14.9. The number of halogens is 5. The van der Waals surface area contributed by atoms with E-state index >= 15 is 0 Å². The van der Waals surface area contributed by atoms with Crippen molar-refractivity contribution in [3.63, 3.8) is 0 Å². The Morgan fingerprint density at radius 2 is 1.54 bits per heavy atom. The van der Waals surface area contributed by atoms with Crippen molar-refractivity contribution in [3.05, 3.63) is 17.7 Å². The number of nitrogens with one attached hydrogen (secondary N) is 1. The molecule has 5 nitrogen and oxygen atoms in total. The summed E-state index contributed by atoms with van der Waals surface area (Å²) >= 11 is 0. The third-order valence-corrected chi connectivity index (χ3v) is 3.64. The number of ether oxygens (including phenoxy) is 2. The van der Waals surface area contributed by atoms with Gasteiger partial charge in [0.2, 0.25) is 5.75 Å². The van der Waals surface area contributed by atoms with Gasteiger partial charge in [0.1, 0.15) is 6.04 Å². The number of hydrogen-bond acceptors (Lipinski definition) is 5. The van der Waals surface area contributed by atoms with Crippen LogP contribution in [0.4, 0.5) is 13.2 Å². The fraction of sp³-hybridized carbons (Fsp3) is 0.571. The molecule has 10 heteroatoms. The SMILES string of the molecule is COc1cc([C@@H](N2CCNCC2)C(F)(F)F)cc(OC)c1O.Cl.Cl. The molecule has 1 atom stereocenters. The first-order valence-electron chi connectivity index (χ1n) is 6.85. The Labute approximate surface area is 150 Å². The average molecular weight is 393 g/mol. The highest BCUT2D eigenvalue weighted by atomic mass is 35.5. The van der Waals surface area contributed by atoms with Crippen LogP contribution >= 0.6 is 24.8 Å². The number of hydrogen-bond donors (Lipinski definition) is 2. The van der Waals surface area contributed by atoms with E-state index in [-0.39, 0.29) is 60.7 Å². The van der Waals surface area contributed by atoms with Crippen molar-refractivity contribution in [2.75, 3.05) is 40.4 Å². The van der Waals surface area contributed by atoms with Crippen LogP contribution in [0.25, 0.3) is 0 Å². The van der Waals surface area contributed by atoms with E-state index in [0.717, 1.165) is 0 Å². The van der Waals surface area contributed by atoms with E-state index in [1.807, 2.05) is 0 Å². The number of methoxy groups -OCH3 is 2. The predicted octanol–water partition coefficient (Wildman–Crippen LogP) is 2.76. The smallest absolute Gasteiger partial charge is 0.408 e. The van der Waals surface area contributed by atoms with Crippen LogP contribution < -0.4 is 14.8 Å². The Morgan fingerprint density at radius 3 is 1.92 bits per heavy atom. The number of aromatic hydroxyl groups is 1. The standard InChI is InChI=1S/C14H19F3N2O3.2ClH/c1-21-10-7-9(8-11(22-2)12(10)20)13(14(15,16)17)19-5-3-18-4-6-19;;/h7-8,13,18,20H,3-6H2,1-2H3;2*1H/t13-;;/m1../s1. The Hall–Kier alpha value is -1.09. The van der Waals surface area contributed by atoms with Gasteiger partial charge in [-0.25, -0.2) is 0 Å². The second kappa shape index (κ2) is 9.41. The summed E-state index contributed by atoms with van der Waals surface area (Å²) in [6.07, 6.45) is -4.44. The monoisotopic (exact) mass is 392 g/mol. The van der Waals surface area contributed by atoms with Gasteiger partial charge in [-0.05, 0) is 17.7 Å². The summed E-state index contributed by atoms with van der Waals surface area (Å²) in [5.74, 6) is -0.396. The van der Waals surface area contributed by atoms with E-state index in [4.69, 9.17) is 9.47 Å². The summed E-state index contributed by atoms with van der Waals surface area (Å²) < 4.78 is 50.6. The lowest BCUT2D eigenvalue weighted by Gasteiger charge is -2.36. The molecule has 1 heterocycles. The van der Waals surface area contributed by atoms with E-state index in [9.17, 15) is 18.3 Å². The maximum Gasteiger partial charge on any atom is 0.408 e. The third kappa shape index (κ3) is 4.95. The van der Waals surface area contributed by atoms with Crippen molar-refractivity contribution in [1.82, 2.24) is 10.2 Å². The Bertz CT molecular complexity index is 501. The molecule has 0 unspecified atom stereocenters. The Kier molecular flexibility index (Phi) is 8.98. The number of phenolic OH excluding ortho intramolecular Hbond substituents is 1. The molecule has 0 amide bonds. The van der Waals surface area contributed by atoms with E-state index in [1.165, 1.54) is 31.3 Å². The molecule has 0 spiro atoms. The zero-order valence-electron chi connectivity index (χ0n) is 13.2. The number of rotatable bonds is 4. The highest BCUT2D eigenvalue weighted by Gasteiger charge is 2.45. The molecule has 0 saturated carbocycles. The van der Waals surface area contributed by atoms with Crippen LogP contribution in [-0.2, 0) is 0 Å². The van der Waals surface area contributed by atoms with Gasteiger partial charge in [-0.2, -0.15) is 13.2 Å². The molecule has 140 valence electrons. The van der Waals surface area contributed by atoms with Gasteiger partial charge < -0.3 is 19.9 Å². The van der Waals surface area contributed by atoms with Gasteiger partial charge in [-0.3, -0.25) is 4.90 Å². The van der Waals surface area contributed by atoms with Crippen LogP contribution in [0.15, 0.2) is 12.1 Å². The normalized spacial score (nSPS) is 16.5. The summed E-state index contributed by atoms with van der Waals surface area (Å²) in [7, 11) is 2.57. The second-order valence-electron chi connectivity index (χ2n) is 5.00. The van der Waals surface area contributed by atoms with Gasteiger partial charge in [-0.1, -0.05) is 0 Å². The minimum Gasteiger partial charge on any atom is -0.502 e. The van der Waals surface area contributed by atoms with Gasteiger partial charge in [0.25, 0.3) is 0 Å². The highest BCUT2D eigenvalue weighted by molar-refractivity contribution is 5.85. The molecule has 0 bridgehead atoms. The first-order chi connectivity index (χ1) is 10.4. The topological polar surface area (TPSA) is 54.0 Å². The molecule has 1 aliphatic rings. The molecule has 1 aliphatic heterocycles. The fourth-order valence-corrected chi connectivity index (χ4v) is 2.62. The van der Waals surface area contributed by atoms with Crippen LogP contribution in [-0.4, -0.2) is 56.6 Å². The number of phenols is 1. The molecule has 24 heavy (non-hydrogen) atoms. The van der Waals surface area contributed by atoms with Crippen LogP contribution in [0.1, 0.15) is 11.6 Å².